The van der Waals surface area contributed by atoms with Crippen molar-refractivity contribution in [3.05, 3.63) is 11.1 Å². The van der Waals surface area contributed by atoms with Crippen LogP contribution in [0.25, 0.3) is 0 Å². The van der Waals surface area contributed by atoms with Crippen molar-refractivity contribution in [2.45, 2.75) is 32.7 Å². The van der Waals surface area contributed by atoms with E-state index in [4.69, 9.17) is 5.11 Å². The molecule has 5 nitrogen and oxygen atoms in total. The summed E-state index contributed by atoms with van der Waals surface area (Å²) in [6, 6.07) is -0.525. The van der Waals surface area contributed by atoms with Crippen LogP contribution in [0.1, 0.15) is 26.0 Å². The summed E-state index contributed by atoms with van der Waals surface area (Å²) < 4.78 is 0. The number of carbonyl (C=O) groups excluding carboxylic acids is 1. The molecule has 2 amide bonds. The van der Waals surface area contributed by atoms with Gasteiger partial charge in [-0.2, -0.15) is 0 Å². The van der Waals surface area contributed by atoms with Crippen molar-refractivity contribution in [2.75, 3.05) is 11.9 Å². The fourth-order valence-electron chi connectivity index (χ4n) is 1.12. The molecule has 0 radical (unpaired) electrons. The summed E-state index contributed by atoms with van der Waals surface area (Å²) in [7, 11) is 0. The second kappa shape index (κ2) is 6.44. The van der Waals surface area contributed by atoms with Crippen molar-refractivity contribution < 1.29 is 9.90 Å². The molecule has 16 heavy (non-hydrogen) atoms. The molecule has 6 heteroatoms. The number of urea groups is 1. The highest BCUT2D eigenvalue weighted by atomic mass is 32.1. The average molecular weight is 243 g/mol. The number of amides is 2. The number of nitrogens with zero attached hydrogens (tertiary/aromatic N) is 1. The molecule has 1 atom stereocenters. The molecule has 0 spiro atoms. The van der Waals surface area contributed by atoms with Gasteiger partial charge in [-0.15, -0.1) is 11.3 Å². The van der Waals surface area contributed by atoms with Gasteiger partial charge < -0.3 is 10.4 Å². The molecular formula is C10H17N3O2S. The summed E-state index contributed by atoms with van der Waals surface area (Å²) in [6.45, 7) is 3.86. The van der Waals surface area contributed by atoms with Crippen molar-refractivity contribution in [1.29, 1.82) is 0 Å². The number of nitrogens with one attached hydrogen (secondary N) is 2. The minimum atomic E-state index is -0.321. The maximum Gasteiger partial charge on any atom is 0.321 e. The Labute approximate surface area is 98.9 Å². The quantitative estimate of drug-likeness (QED) is 0.735. The van der Waals surface area contributed by atoms with Gasteiger partial charge in [0, 0.05) is 5.38 Å². The molecule has 0 aliphatic rings. The standard InChI is InChI=1S/C10H17N3O2S/c1-3-7(5-14)11-9(15)13-10-12-8(4-2)6-16-10/h6-7,14H,3-5H2,1-2H3,(H2,11,12,13,15). The molecule has 1 rings (SSSR count). The Morgan fingerprint density at radius 2 is 2.38 bits per heavy atom. The molecule has 1 aromatic heterocycles. The van der Waals surface area contributed by atoms with E-state index in [1.807, 2.05) is 19.2 Å². The van der Waals surface area contributed by atoms with Gasteiger partial charge in [0.2, 0.25) is 0 Å². The van der Waals surface area contributed by atoms with Gasteiger partial charge in [0.15, 0.2) is 5.13 Å². The van der Waals surface area contributed by atoms with E-state index in [2.05, 4.69) is 15.6 Å². The normalized spacial score (nSPS) is 12.2. The summed E-state index contributed by atoms with van der Waals surface area (Å²) in [6.07, 6.45) is 1.55. The molecule has 0 saturated heterocycles. The molecule has 0 aliphatic carbocycles. The highest BCUT2D eigenvalue weighted by Gasteiger charge is 2.10. The summed E-state index contributed by atoms with van der Waals surface area (Å²) in [5, 5.41) is 16.7. The smallest absolute Gasteiger partial charge is 0.321 e. The van der Waals surface area contributed by atoms with Crippen LogP contribution in [0, 0.1) is 0 Å². The van der Waals surface area contributed by atoms with Gasteiger partial charge in [-0.1, -0.05) is 13.8 Å². The third-order valence-electron chi connectivity index (χ3n) is 2.18. The van der Waals surface area contributed by atoms with Crippen LogP contribution in [0.4, 0.5) is 9.93 Å². The Balaban J connectivity index is 2.44. The minimum Gasteiger partial charge on any atom is -0.394 e. The molecule has 1 heterocycles. The van der Waals surface area contributed by atoms with E-state index in [1.165, 1.54) is 11.3 Å². The second-order valence-corrected chi connectivity index (χ2v) is 4.24. The van der Waals surface area contributed by atoms with Crippen molar-refractivity contribution in [1.82, 2.24) is 10.3 Å². The lowest BCUT2D eigenvalue weighted by Crippen LogP contribution is -2.39. The van der Waals surface area contributed by atoms with Crippen molar-refractivity contribution in [3.8, 4) is 0 Å². The Kier molecular flexibility index (Phi) is 5.21. The van der Waals surface area contributed by atoms with Gasteiger partial charge in [0.25, 0.3) is 0 Å². The van der Waals surface area contributed by atoms with Gasteiger partial charge in [-0.3, -0.25) is 5.32 Å². The van der Waals surface area contributed by atoms with E-state index in [1.54, 1.807) is 0 Å². The van der Waals surface area contributed by atoms with E-state index in [-0.39, 0.29) is 18.7 Å². The molecule has 0 saturated carbocycles. The van der Waals surface area contributed by atoms with E-state index in [9.17, 15) is 4.79 Å². The molecule has 3 N–H and O–H groups in total. The number of carbonyl (C=O) groups is 1. The lowest BCUT2D eigenvalue weighted by atomic mass is 10.2. The zero-order chi connectivity index (χ0) is 12.0. The number of hydrogen-bond acceptors (Lipinski definition) is 4. The zero-order valence-electron chi connectivity index (χ0n) is 9.49. The Hall–Kier alpha value is -1.14. The molecular weight excluding hydrogens is 226 g/mol. The Bertz CT molecular complexity index is 337. The fraction of sp³-hybridized carbons (Fsp3) is 0.600. The molecule has 1 aromatic rings. The lowest BCUT2D eigenvalue weighted by Gasteiger charge is -2.13. The number of hydrogen-bond donors (Lipinski definition) is 3. The molecule has 0 aliphatic heterocycles. The van der Waals surface area contributed by atoms with E-state index in [0.717, 1.165) is 12.1 Å². The topological polar surface area (TPSA) is 74.2 Å². The maximum absolute atomic E-state index is 11.5. The van der Waals surface area contributed by atoms with Gasteiger partial charge in [0.1, 0.15) is 0 Å². The number of anilines is 1. The van der Waals surface area contributed by atoms with Crippen molar-refractivity contribution in [2.24, 2.45) is 0 Å². The van der Waals surface area contributed by atoms with E-state index in [0.29, 0.717) is 11.6 Å². The van der Waals surface area contributed by atoms with Crippen LogP contribution in [-0.2, 0) is 6.42 Å². The first-order valence-corrected chi connectivity index (χ1v) is 6.20. The first kappa shape index (κ1) is 12.9. The van der Waals surface area contributed by atoms with Crippen molar-refractivity contribution >= 4 is 22.5 Å². The average Bonchev–Trinajstić information content (AvgIpc) is 2.73. The largest absolute Gasteiger partial charge is 0.394 e. The number of aromatic nitrogens is 1. The summed E-state index contributed by atoms with van der Waals surface area (Å²) in [4.78, 5) is 15.7. The van der Waals surface area contributed by atoms with Crippen LogP contribution in [0.15, 0.2) is 5.38 Å². The summed E-state index contributed by atoms with van der Waals surface area (Å²) >= 11 is 1.40. The lowest BCUT2D eigenvalue weighted by molar-refractivity contribution is 0.222. The van der Waals surface area contributed by atoms with Crippen LogP contribution in [0.2, 0.25) is 0 Å². The molecule has 0 aromatic carbocycles. The zero-order valence-corrected chi connectivity index (χ0v) is 10.3. The van der Waals surface area contributed by atoms with Crippen LogP contribution in [0.3, 0.4) is 0 Å². The minimum absolute atomic E-state index is 0.0536. The van der Waals surface area contributed by atoms with Gasteiger partial charge in [0.05, 0.1) is 18.3 Å². The Morgan fingerprint density at radius 1 is 1.62 bits per heavy atom. The first-order chi connectivity index (χ1) is 7.69. The number of rotatable bonds is 5. The van der Waals surface area contributed by atoms with Gasteiger partial charge in [-0.25, -0.2) is 9.78 Å². The number of aliphatic hydroxyl groups is 1. The van der Waals surface area contributed by atoms with Crippen LogP contribution in [-0.4, -0.2) is 28.8 Å². The number of aryl methyl sites for hydroxylation is 1. The predicted molar refractivity (Wildman–Crippen MR) is 64.8 cm³/mol. The van der Waals surface area contributed by atoms with Crippen molar-refractivity contribution in [3.63, 3.8) is 0 Å². The number of aliphatic hydroxyl groups excluding tert-OH is 1. The van der Waals surface area contributed by atoms with Gasteiger partial charge in [-0.05, 0) is 12.8 Å². The fourth-order valence-corrected chi connectivity index (χ4v) is 1.91. The summed E-state index contributed by atoms with van der Waals surface area (Å²) in [5.41, 5.74) is 0.967. The highest BCUT2D eigenvalue weighted by Crippen LogP contribution is 2.15. The summed E-state index contributed by atoms with van der Waals surface area (Å²) in [5.74, 6) is 0. The third-order valence-corrected chi connectivity index (χ3v) is 2.99. The molecule has 1 unspecified atom stereocenters. The predicted octanol–water partition coefficient (Wildman–Crippen LogP) is 1.60. The first-order valence-electron chi connectivity index (χ1n) is 5.32. The molecule has 0 fully saturated rings. The second-order valence-electron chi connectivity index (χ2n) is 3.38. The van der Waals surface area contributed by atoms with Gasteiger partial charge >= 0.3 is 6.03 Å². The van der Waals surface area contributed by atoms with Crippen LogP contribution < -0.4 is 10.6 Å². The SMILES string of the molecule is CCc1csc(NC(=O)NC(CC)CO)n1. The third kappa shape index (κ3) is 3.79. The monoisotopic (exact) mass is 243 g/mol. The van der Waals surface area contributed by atoms with Crippen LogP contribution >= 0.6 is 11.3 Å². The van der Waals surface area contributed by atoms with E-state index >= 15 is 0 Å². The van der Waals surface area contributed by atoms with Crippen LogP contribution in [0.5, 0.6) is 0 Å². The number of thiazole rings is 1. The molecule has 0 bridgehead atoms. The van der Waals surface area contributed by atoms with E-state index < -0.39 is 0 Å². The molecule has 90 valence electrons. The highest BCUT2D eigenvalue weighted by molar-refractivity contribution is 7.13. The Morgan fingerprint density at radius 3 is 2.88 bits per heavy atom. The maximum atomic E-state index is 11.5.